The molecule has 7 heteroatoms. The van der Waals surface area contributed by atoms with Gasteiger partial charge in [-0.25, -0.2) is 4.68 Å². The van der Waals surface area contributed by atoms with Crippen LogP contribution in [-0.4, -0.2) is 38.7 Å². The van der Waals surface area contributed by atoms with Crippen molar-refractivity contribution in [2.24, 2.45) is 0 Å². The third kappa shape index (κ3) is 4.31. The zero-order chi connectivity index (χ0) is 16.8. The van der Waals surface area contributed by atoms with Gasteiger partial charge in [0.1, 0.15) is 6.33 Å². The van der Waals surface area contributed by atoms with Crippen molar-refractivity contribution in [1.29, 1.82) is 0 Å². The summed E-state index contributed by atoms with van der Waals surface area (Å²) in [6.45, 7) is 2.28. The Morgan fingerprint density at radius 1 is 1.25 bits per heavy atom. The lowest BCUT2D eigenvalue weighted by molar-refractivity contribution is -0.120. The smallest absolute Gasteiger partial charge is 0.239 e. The number of benzene rings is 1. The normalized spacial score (nSPS) is 15.7. The number of carbonyl (C=O) groups excluding carboxylic acids is 1. The largest absolute Gasteiger partial charge is 0.376 e. The van der Waals surface area contributed by atoms with Crippen LogP contribution in [0.25, 0.3) is 5.69 Å². The average Bonchev–Trinajstić information content (AvgIpc) is 3.00. The number of amides is 1. The first-order chi connectivity index (χ1) is 11.7. The van der Waals surface area contributed by atoms with Crippen molar-refractivity contribution in [3.05, 3.63) is 30.1 Å². The molecular formula is C17H24N6O. The van der Waals surface area contributed by atoms with Crippen LogP contribution >= 0.6 is 0 Å². The van der Waals surface area contributed by atoms with Gasteiger partial charge >= 0.3 is 0 Å². The summed E-state index contributed by atoms with van der Waals surface area (Å²) in [4.78, 5) is 12.2. The van der Waals surface area contributed by atoms with Crippen molar-refractivity contribution in [2.75, 3.05) is 11.9 Å². The van der Waals surface area contributed by atoms with E-state index in [0.29, 0.717) is 6.04 Å². The molecule has 3 rings (SSSR count). The molecule has 0 saturated heterocycles. The Bertz CT molecular complexity index is 662. The highest BCUT2D eigenvalue weighted by atomic mass is 16.1. The van der Waals surface area contributed by atoms with Crippen LogP contribution in [0.2, 0.25) is 0 Å². The highest BCUT2D eigenvalue weighted by Crippen LogP contribution is 2.19. The van der Waals surface area contributed by atoms with E-state index in [-0.39, 0.29) is 12.5 Å². The highest BCUT2D eigenvalue weighted by molar-refractivity contribution is 5.81. The molecule has 0 radical (unpaired) electrons. The molecule has 1 aliphatic carbocycles. The number of aryl methyl sites for hydroxylation is 1. The summed E-state index contributed by atoms with van der Waals surface area (Å²) in [5, 5.41) is 17.6. The van der Waals surface area contributed by atoms with Gasteiger partial charge in [0.2, 0.25) is 5.91 Å². The molecule has 1 aromatic carbocycles. The van der Waals surface area contributed by atoms with Crippen LogP contribution in [0, 0.1) is 6.92 Å². The molecule has 1 amide bonds. The van der Waals surface area contributed by atoms with Gasteiger partial charge in [0, 0.05) is 11.7 Å². The van der Waals surface area contributed by atoms with Gasteiger partial charge in [-0.2, -0.15) is 0 Å². The summed E-state index contributed by atoms with van der Waals surface area (Å²) in [5.74, 6) is 0.0501. The second-order valence-electron chi connectivity index (χ2n) is 6.36. The maximum absolute atomic E-state index is 12.2. The molecule has 0 atom stereocenters. The van der Waals surface area contributed by atoms with Crippen LogP contribution < -0.4 is 10.6 Å². The van der Waals surface area contributed by atoms with E-state index in [1.807, 2.05) is 25.1 Å². The van der Waals surface area contributed by atoms with Gasteiger partial charge in [0.25, 0.3) is 0 Å². The van der Waals surface area contributed by atoms with Crippen molar-refractivity contribution in [1.82, 2.24) is 25.5 Å². The molecule has 7 nitrogen and oxygen atoms in total. The Morgan fingerprint density at radius 2 is 2.04 bits per heavy atom. The summed E-state index contributed by atoms with van der Waals surface area (Å²) in [7, 11) is 0. The van der Waals surface area contributed by atoms with Crippen LogP contribution in [0.15, 0.2) is 24.5 Å². The summed E-state index contributed by atoms with van der Waals surface area (Å²) in [6, 6.07) is 6.21. The molecule has 0 spiro atoms. The molecule has 1 saturated carbocycles. The number of nitrogens with one attached hydrogen (secondary N) is 2. The molecule has 2 N–H and O–H groups in total. The third-order valence-corrected chi connectivity index (χ3v) is 4.49. The van der Waals surface area contributed by atoms with Gasteiger partial charge < -0.3 is 10.6 Å². The SMILES string of the molecule is Cc1ccc(-n2cnnn2)cc1NCC(=O)NC1CCCCCC1. The number of carbonyl (C=O) groups is 1. The minimum absolute atomic E-state index is 0.0501. The summed E-state index contributed by atoms with van der Waals surface area (Å²) < 4.78 is 1.59. The van der Waals surface area contributed by atoms with E-state index in [1.165, 1.54) is 25.7 Å². The van der Waals surface area contributed by atoms with Crippen LogP contribution in [0.4, 0.5) is 5.69 Å². The van der Waals surface area contributed by atoms with Crippen molar-refractivity contribution in [2.45, 2.75) is 51.5 Å². The third-order valence-electron chi connectivity index (χ3n) is 4.49. The van der Waals surface area contributed by atoms with E-state index in [1.54, 1.807) is 11.0 Å². The van der Waals surface area contributed by atoms with Crippen molar-refractivity contribution in [3.63, 3.8) is 0 Å². The molecule has 1 heterocycles. The quantitative estimate of drug-likeness (QED) is 0.822. The Labute approximate surface area is 141 Å². The first kappa shape index (κ1) is 16.4. The molecule has 1 aliphatic rings. The zero-order valence-electron chi connectivity index (χ0n) is 14.0. The van der Waals surface area contributed by atoms with E-state index >= 15 is 0 Å². The lowest BCUT2D eigenvalue weighted by atomic mass is 10.1. The number of aromatic nitrogens is 4. The van der Waals surface area contributed by atoms with Gasteiger partial charge in [-0.15, -0.1) is 5.10 Å². The molecule has 1 fully saturated rings. The number of anilines is 1. The maximum atomic E-state index is 12.2. The van der Waals surface area contributed by atoms with E-state index in [9.17, 15) is 4.79 Å². The number of hydrogen-bond donors (Lipinski definition) is 2. The molecule has 0 aliphatic heterocycles. The van der Waals surface area contributed by atoms with Gasteiger partial charge in [0.05, 0.1) is 12.2 Å². The zero-order valence-corrected chi connectivity index (χ0v) is 14.0. The van der Waals surface area contributed by atoms with Crippen LogP contribution in [0.3, 0.4) is 0 Å². The predicted octanol–water partition coefficient (Wildman–Crippen LogP) is 2.22. The number of nitrogens with zero attached hydrogens (tertiary/aromatic N) is 4. The summed E-state index contributed by atoms with van der Waals surface area (Å²) >= 11 is 0. The lowest BCUT2D eigenvalue weighted by Crippen LogP contribution is -2.38. The molecule has 24 heavy (non-hydrogen) atoms. The van der Waals surface area contributed by atoms with Gasteiger partial charge in [-0.3, -0.25) is 4.79 Å². The molecule has 2 aromatic rings. The monoisotopic (exact) mass is 328 g/mol. The molecule has 128 valence electrons. The Morgan fingerprint density at radius 3 is 2.75 bits per heavy atom. The van der Waals surface area contributed by atoms with Crippen molar-refractivity contribution in [3.8, 4) is 5.69 Å². The van der Waals surface area contributed by atoms with Gasteiger partial charge in [-0.1, -0.05) is 31.7 Å². The molecule has 1 aromatic heterocycles. The van der Waals surface area contributed by atoms with Crippen LogP contribution in [-0.2, 0) is 4.79 Å². The first-order valence-electron chi connectivity index (χ1n) is 8.59. The fraction of sp³-hybridized carbons (Fsp3) is 0.529. The minimum atomic E-state index is 0.0501. The standard InChI is InChI=1S/C17H24N6O/c1-13-8-9-15(23-12-19-21-22-23)10-16(13)18-11-17(24)20-14-6-4-2-3-5-7-14/h8-10,12,14,18H,2-7,11H2,1H3,(H,20,24). The van der Waals surface area contributed by atoms with Crippen LogP contribution in [0.1, 0.15) is 44.1 Å². The van der Waals surface area contributed by atoms with E-state index in [0.717, 1.165) is 29.8 Å². The summed E-state index contributed by atoms with van der Waals surface area (Å²) in [5.41, 5.74) is 2.85. The Balaban J connectivity index is 1.57. The fourth-order valence-electron chi connectivity index (χ4n) is 3.10. The number of tetrazole rings is 1. The minimum Gasteiger partial charge on any atom is -0.376 e. The maximum Gasteiger partial charge on any atom is 0.239 e. The fourth-order valence-corrected chi connectivity index (χ4v) is 3.10. The second-order valence-corrected chi connectivity index (χ2v) is 6.36. The van der Waals surface area contributed by atoms with E-state index < -0.39 is 0 Å². The van der Waals surface area contributed by atoms with Gasteiger partial charge in [-0.05, 0) is 47.9 Å². The highest BCUT2D eigenvalue weighted by Gasteiger charge is 2.14. The van der Waals surface area contributed by atoms with E-state index in [2.05, 4.69) is 26.2 Å². The van der Waals surface area contributed by atoms with Crippen molar-refractivity contribution >= 4 is 11.6 Å². The molecule has 0 unspecified atom stereocenters. The average molecular weight is 328 g/mol. The van der Waals surface area contributed by atoms with E-state index in [4.69, 9.17) is 0 Å². The topological polar surface area (TPSA) is 84.7 Å². The Hall–Kier alpha value is -2.44. The number of rotatable bonds is 5. The molecule has 0 bridgehead atoms. The summed E-state index contributed by atoms with van der Waals surface area (Å²) in [6.07, 6.45) is 8.74. The van der Waals surface area contributed by atoms with Gasteiger partial charge in [0.15, 0.2) is 0 Å². The second kappa shape index (κ2) is 7.90. The Kier molecular flexibility index (Phi) is 5.40. The lowest BCUT2D eigenvalue weighted by Gasteiger charge is -2.17. The first-order valence-corrected chi connectivity index (χ1v) is 8.59. The van der Waals surface area contributed by atoms with Crippen molar-refractivity contribution < 1.29 is 4.79 Å². The number of hydrogen-bond acceptors (Lipinski definition) is 5. The molecular weight excluding hydrogens is 304 g/mol. The van der Waals surface area contributed by atoms with Crippen LogP contribution in [0.5, 0.6) is 0 Å². The predicted molar refractivity (Wildman–Crippen MR) is 92.0 cm³/mol.